The molecule has 0 aromatic heterocycles. The molecule has 3 aromatic rings. The van der Waals surface area contributed by atoms with Crippen LogP contribution in [0.25, 0.3) is 10.8 Å². The van der Waals surface area contributed by atoms with Crippen molar-refractivity contribution in [1.82, 2.24) is 0 Å². The highest BCUT2D eigenvalue weighted by Crippen LogP contribution is 2.49. The number of ketones is 1. The number of hydrogen-bond acceptors (Lipinski definition) is 2. The predicted octanol–water partition coefficient (Wildman–Crippen LogP) is 4.76. The lowest BCUT2D eigenvalue weighted by Crippen LogP contribution is -2.06. The molecule has 2 heteroatoms. The first-order valence-corrected chi connectivity index (χ1v) is 8.39. The smallest absolute Gasteiger partial charge is 0.140 e. The van der Waals surface area contributed by atoms with Crippen molar-refractivity contribution >= 4 is 16.6 Å². The van der Waals surface area contributed by atoms with Gasteiger partial charge in [0.15, 0.2) is 0 Å². The minimum absolute atomic E-state index is 0.156. The van der Waals surface area contributed by atoms with Crippen LogP contribution in [0.4, 0.5) is 0 Å². The molecule has 2 unspecified atom stereocenters. The molecule has 120 valence electrons. The van der Waals surface area contributed by atoms with Gasteiger partial charge in [-0.1, -0.05) is 54.6 Å². The molecule has 0 aliphatic heterocycles. The Labute approximate surface area is 142 Å². The number of fused-ring (bicyclic) bond motifs is 1. The molecular weight excluding hydrogens is 296 g/mol. The Balaban J connectivity index is 1.46. The summed E-state index contributed by atoms with van der Waals surface area (Å²) >= 11 is 0. The Morgan fingerprint density at radius 2 is 1.83 bits per heavy atom. The van der Waals surface area contributed by atoms with E-state index in [1.54, 1.807) is 7.11 Å². The van der Waals surface area contributed by atoms with Crippen molar-refractivity contribution in [1.29, 1.82) is 0 Å². The van der Waals surface area contributed by atoms with Gasteiger partial charge in [0.2, 0.25) is 0 Å². The van der Waals surface area contributed by atoms with E-state index in [9.17, 15) is 4.79 Å². The Morgan fingerprint density at radius 3 is 2.67 bits per heavy atom. The molecule has 1 aliphatic rings. The Bertz CT molecular complexity index is 897. The second-order valence-corrected chi connectivity index (χ2v) is 6.55. The van der Waals surface area contributed by atoms with E-state index >= 15 is 0 Å². The van der Waals surface area contributed by atoms with Crippen LogP contribution >= 0.6 is 0 Å². The maximum Gasteiger partial charge on any atom is 0.140 e. The van der Waals surface area contributed by atoms with Crippen molar-refractivity contribution in [3.8, 4) is 5.75 Å². The van der Waals surface area contributed by atoms with Crippen LogP contribution < -0.4 is 4.74 Å². The van der Waals surface area contributed by atoms with Crippen LogP contribution in [-0.4, -0.2) is 12.9 Å². The highest BCUT2D eigenvalue weighted by molar-refractivity contribution is 5.89. The summed E-state index contributed by atoms with van der Waals surface area (Å²) in [5, 5.41) is 2.41. The Morgan fingerprint density at radius 1 is 1.00 bits per heavy atom. The fourth-order valence-electron chi connectivity index (χ4n) is 3.47. The third kappa shape index (κ3) is 2.92. The second-order valence-electron chi connectivity index (χ2n) is 6.55. The zero-order chi connectivity index (χ0) is 16.5. The van der Waals surface area contributed by atoms with Crippen molar-refractivity contribution < 1.29 is 9.53 Å². The van der Waals surface area contributed by atoms with Gasteiger partial charge in [-0.3, -0.25) is 4.79 Å². The van der Waals surface area contributed by atoms with Gasteiger partial charge >= 0.3 is 0 Å². The number of Topliss-reactive ketones (excluding diaryl/α,β-unsaturated/α-hetero) is 1. The number of methoxy groups -OCH3 is 1. The fourth-order valence-corrected chi connectivity index (χ4v) is 3.47. The maximum absolute atomic E-state index is 12.6. The normalized spacial score (nSPS) is 19.2. The van der Waals surface area contributed by atoms with Crippen molar-refractivity contribution in [3.05, 3.63) is 77.9 Å². The minimum Gasteiger partial charge on any atom is -0.497 e. The van der Waals surface area contributed by atoms with Crippen LogP contribution in [0, 0.1) is 5.92 Å². The predicted molar refractivity (Wildman–Crippen MR) is 96.5 cm³/mol. The average Bonchev–Trinajstić information content (AvgIpc) is 3.43. The first kappa shape index (κ1) is 14.9. The molecule has 0 saturated heterocycles. The van der Waals surface area contributed by atoms with E-state index in [0.717, 1.165) is 17.7 Å². The van der Waals surface area contributed by atoms with Crippen LogP contribution in [0.5, 0.6) is 5.75 Å². The van der Waals surface area contributed by atoms with E-state index in [2.05, 4.69) is 36.4 Å². The van der Waals surface area contributed by atoms with Gasteiger partial charge in [-0.15, -0.1) is 0 Å². The van der Waals surface area contributed by atoms with Gasteiger partial charge in [-0.2, -0.15) is 0 Å². The monoisotopic (exact) mass is 316 g/mol. The van der Waals surface area contributed by atoms with Crippen LogP contribution in [0.2, 0.25) is 0 Å². The summed E-state index contributed by atoms with van der Waals surface area (Å²) in [5.41, 5.74) is 2.32. The van der Waals surface area contributed by atoms with E-state index in [1.807, 2.05) is 30.3 Å². The van der Waals surface area contributed by atoms with Gasteiger partial charge in [-0.25, -0.2) is 0 Å². The zero-order valence-corrected chi connectivity index (χ0v) is 13.7. The molecule has 0 amide bonds. The quantitative estimate of drug-likeness (QED) is 0.678. The lowest BCUT2D eigenvalue weighted by molar-refractivity contribution is -0.119. The van der Waals surface area contributed by atoms with Crippen molar-refractivity contribution in [3.63, 3.8) is 0 Å². The third-order valence-electron chi connectivity index (χ3n) is 4.92. The van der Waals surface area contributed by atoms with Crippen LogP contribution in [0.1, 0.15) is 23.5 Å². The van der Waals surface area contributed by atoms with Gasteiger partial charge in [-0.05, 0) is 46.4 Å². The summed E-state index contributed by atoms with van der Waals surface area (Å²) in [6.07, 6.45) is 1.48. The molecule has 24 heavy (non-hydrogen) atoms. The minimum atomic E-state index is 0.156. The summed E-state index contributed by atoms with van der Waals surface area (Å²) in [4.78, 5) is 12.6. The number of carbonyl (C=O) groups is 1. The summed E-state index contributed by atoms with van der Waals surface area (Å²) in [6, 6.07) is 22.7. The first-order valence-electron chi connectivity index (χ1n) is 8.39. The van der Waals surface area contributed by atoms with E-state index in [1.165, 1.54) is 16.3 Å². The lowest BCUT2D eigenvalue weighted by Gasteiger charge is -2.05. The van der Waals surface area contributed by atoms with Gasteiger partial charge in [0.05, 0.1) is 7.11 Å². The highest BCUT2D eigenvalue weighted by atomic mass is 16.5. The molecule has 0 spiro atoms. The standard InChI is InChI=1S/C22H20O2/c1-24-19-8-4-7-18(13-19)20-14-21(20)22(23)12-15-9-10-16-5-2-3-6-17(16)11-15/h2-11,13,20-21H,12,14H2,1H3. The van der Waals surface area contributed by atoms with E-state index < -0.39 is 0 Å². The van der Waals surface area contributed by atoms with Gasteiger partial charge in [0.25, 0.3) is 0 Å². The molecule has 3 aromatic carbocycles. The molecule has 4 rings (SSSR count). The molecule has 1 fully saturated rings. The molecule has 0 bridgehead atoms. The van der Waals surface area contributed by atoms with Gasteiger partial charge < -0.3 is 4.74 Å². The molecular formula is C22H20O2. The summed E-state index contributed by atoms with van der Waals surface area (Å²) in [5.74, 6) is 1.72. The van der Waals surface area contributed by atoms with E-state index in [0.29, 0.717) is 18.1 Å². The van der Waals surface area contributed by atoms with Crippen LogP contribution in [-0.2, 0) is 11.2 Å². The number of hydrogen-bond donors (Lipinski definition) is 0. The zero-order valence-electron chi connectivity index (χ0n) is 13.7. The second kappa shape index (κ2) is 6.12. The van der Waals surface area contributed by atoms with Crippen molar-refractivity contribution in [2.24, 2.45) is 5.92 Å². The van der Waals surface area contributed by atoms with Crippen molar-refractivity contribution in [2.45, 2.75) is 18.8 Å². The summed E-state index contributed by atoms with van der Waals surface area (Å²) in [6.45, 7) is 0. The molecule has 1 aliphatic carbocycles. The van der Waals surface area contributed by atoms with E-state index in [4.69, 9.17) is 4.74 Å². The number of carbonyl (C=O) groups excluding carboxylic acids is 1. The van der Waals surface area contributed by atoms with Crippen LogP contribution in [0.3, 0.4) is 0 Å². The molecule has 2 nitrogen and oxygen atoms in total. The molecule has 1 saturated carbocycles. The fraction of sp³-hybridized carbons (Fsp3) is 0.227. The number of benzene rings is 3. The number of ether oxygens (including phenoxy) is 1. The third-order valence-corrected chi connectivity index (χ3v) is 4.92. The Hall–Kier alpha value is -2.61. The van der Waals surface area contributed by atoms with Crippen LogP contribution in [0.15, 0.2) is 66.7 Å². The van der Waals surface area contributed by atoms with Crippen molar-refractivity contribution in [2.75, 3.05) is 7.11 Å². The van der Waals surface area contributed by atoms with Gasteiger partial charge in [0.1, 0.15) is 11.5 Å². The maximum atomic E-state index is 12.6. The SMILES string of the molecule is COc1cccc(C2CC2C(=O)Cc2ccc3ccccc3c2)c1. The summed E-state index contributed by atoms with van der Waals surface area (Å²) in [7, 11) is 1.67. The molecule has 0 heterocycles. The van der Waals surface area contributed by atoms with E-state index in [-0.39, 0.29) is 5.92 Å². The molecule has 2 atom stereocenters. The summed E-state index contributed by atoms with van der Waals surface area (Å²) < 4.78 is 5.28. The molecule has 0 radical (unpaired) electrons. The largest absolute Gasteiger partial charge is 0.497 e. The first-order chi connectivity index (χ1) is 11.7. The molecule has 0 N–H and O–H groups in total. The average molecular weight is 316 g/mol. The Kier molecular flexibility index (Phi) is 3.81. The highest BCUT2D eigenvalue weighted by Gasteiger charge is 2.43. The lowest BCUT2D eigenvalue weighted by atomic mass is 10.00. The number of rotatable bonds is 5. The van der Waals surface area contributed by atoms with Gasteiger partial charge in [0, 0.05) is 12.3 Å². The topological polar surface area (TPSA) is 26.3 Å².